The molecule has 1 aromatic carbocycles. The van der Waals surface area contributed by atoms with Gasteiger partial charge in [-0.05, 0) is 30.4 Å². The highest BCUT2D eigenvalue weighted by Crippen LogP contribution is 2.37. The van der Waals surface area contributed by atoms with Gasteiger partial charge in [0, 0.05) is 37.9 Å². The van der Waals surface area contributed by atoms with Crippen molar-refractivity contribution in [2.75, 3.05) is 18.0 Å². The molecule has 2 aromatic heterocycles. The number of rotatable bonds is 3. The topological polar surface area (TPSA) is 85.9 Å². The fourth-order valence-electron chi connectivity index (χ4n) is 4.34. The Morgan fingerprint density at radius 2 is 1.79 bits per heavy atom. The van der Waals surface area contributed by atoms with Gasteiger partial charge in [0.1, 0.15) is 5.82 Å². The maximum atomic E-state index is 12.8. The molecule has 8 heteroatoms. The summed E-state index contributed by atoms with van der Waals surface area (Å²) in [6, 6.07) is 9.61. The standard InChI is InChI=1S/C21H22N6O2/c1-14-9-22-21(23-10-14)25-8-7-16-12-26-18(17(16)13-25)24-27(20(29)19(26)28)11-15-5-3-2-4-6-15/h2-6,9-10,16-17H,7-8,11-13H2,1H3/t16-,17-/m0/s1. The van der Waals surface area contributed by atoms with Gasteiger partial charge in [0.15, 0.2) is 0 Å². The van der Waals surface area contributed by atoms with Gasteiger partial charge in [0.05, 0.1) is 6.54 Å². The van der Waals surface area contributed by atoms with Gasteiger partial charge in [0.2, 0.25) is 5.95 Å². The van der Waals surface area contributed by atoms with E-state index >= 15 is 0 Å². The third-order valence-corrected chi connectivity index (χ3v) is 5.89. The molecule has 2 atom stereocenters. The van der Waals surface area contributed by atoms with Gasteiger partial charge < -0.3 is 4.90 Å². The number of fused-ring (bicyclic) bond motifs is 3. The van der Waals surface area contributed by atoms with Gasteiger partial charge in [0.25, 0.3) is 0 Å². The molecule has 0 spiro atoms. The van der Waals surface area contributed by atoms with Crippen molar-refractivity contribution in [3.63, 3.8) is 0 Å². The van der Waals surface area contributed by atoms with Crippen LogP contribution in [0.1, 0.15) is 29.3 Å². The first-order chi connectivity index (χ1) is 14.1. The quantitative estimate of drug-likeness (QED) is 0.624. The van der Waals surface area contributed by atoms with Crippen LogP contribution in [0.2, 0.25) is 0 Å². The van der Waals surface area contributed by atoms with Crippen LogP contribution in [0.4, 0.5) is 5.95 Å². The highest BCUT2D eigenvalue weighted by Gasteiger charge is 2.40. The van der Waals surface area contributed by atoms with E-state index in [1.807, 2.05) is 49.6 Å². The molecule has 3 aromatic rings. The van der Waals surface area contributed by atoms with Crippen LogP contribution in [0.15, 0.2) is 52.3 Å². The van der Waals surface area contributed by atoms with E-state index in [0.717, 1.165) is 24.1 Å². The van der Waals surface area contributed by atoms with Crippen molar-refractivity contribution >= 4 is 5.95 Å². The molecule has 1 saturated heterocycles. The number of aromatic nitrogens is 5. The smallest absolute Gasteiger partial charge is 0.332 e. The lowest BCUT2D eigenvalue weighted by Crippen LogP contribution is -2.43. The molecule has 29 heavy (non-hydrogen) atoms. The monoisotopic (exact) mass is 390 g/mol. The van der Waals surface area contributed by atoms with Gasteiger partial charge in [-0.3, -0.25) is 14.2 Å². The SMILES string of the molecule is Cc1cnc(N2CC[C@H]3Cn4c(nn(Cc5ccccc5)c(=O)c4=O)[C@H]3C2)nc1. The minimum atomic E-state index is -0.560. The summed E-state index contributed by atoms with van der Waals surface area (Å²) in [6.07, 6.45) is 4.55. The largest absolute Gasteiger partial charge is 0.340 e. The zero-order valence-corrected chi connectivity index (χ0v) is 16.2. The number of nitrogens with zero attached hydrogens (tertiary/aromatic N) is 6. The Morgan fingerprint density at radius 3 is 2.55 bits per heavy atom. The molecule has 2 aliphatic rings. The molecule has 0 bridgehead atoms. The lowest BCUT2D eigenvalue weighted by atomic mass is 9.88. The van der Waals surface area contributed by atoms with Gasteiger partial charge in [-0.1, -0.05) is 30.3 Å². The van der Waals surface area contributed by atoms with Crippen molar-refractivity contribution in [1.82, 2.24) is 24.3 Å². The number of hydrogen-bond acceptors (Lipinski definition) is 6. The third-order valence-electron chi connectivity index (χ3n) is 5.89. The summed E-state index contributed by atoms with van der Waals surface area (Å²) in [6.45, 7) is 4.36. The Balaban J connectivity index is 1.49. The van der Waals surface area contributed by atoms with Crippen molar-refractivity contribution in [1.29, 1.82) is 0 Å². The average molecular weight is 390 g/mol. The van der Waals surface area contributed by atoms with E-state index in [4.69, 9.17) is 0 Å². The zero-order chi connectivity index (χ0) is 20.0. The summed E-state index contributed by atoms with van der Waals surface area (Å²) in [4.78, 5) is 36.4. The number of benzene rings is 1. The molecule has 0 aliphatic carbocycles. The van der Waals surface area contributed by atoms with Crippen LogP contribution >= 0.6 is 0 Å². The van der Waals surface area contributed by atoms with E-state index in [2.05, 4.69) is 20.0 Å². The highest BCUT2D eigenvalue weighted by atomic mass is 16.2. The van der Waals surface area contributed by atoms with Crippen LogP contribution in [-0.2, 0) is 13.1 Å². The van der Waals surface area contributed by atoms with Gasteiger partial charge >= 0.3 is 11.1 Å². The molecule has 0 radical (unpaired) electrons. The minimum absolute atomic E-state index is 0.0870. The second-order valence-corrected chi connectivity index (χ2v) is 7.88. The molecule has 0 unspecified atom stereocenters. The Labute approximate surface area is 167 Å². The maximum absolute atomic E-state index is 12.8. The summed E-state index contributed by atoms with van der Waals surface area (Å²) in [5, 5.41) is 4.64. The van der Waals surface area contributed by atoms with E-state index in [0.29, 0.717) is 37.3 Å². The number of piperidine rings is 1. The lowest BCUT2D eigenvalue weighted by molar-refractivity contribution is 0.360. The Morgan fingerprint density at radius 1 is 1.03 bits per heavy atom. The first-order valence-corrected chi connectivity index (χ1v) is 9.89. The van der Waals surface area contributed by atoms with Crippen LogP contribution in [0.3, 0.4) is 0 Å². The molecular weight excluding hydrogens is 368 g/mol. The summed E-state index contributed by atoms with van der Waals surface area (Å²) >= 11 is 0. The average Bonchev–Trinajstić information content (AvgIpc) is 3.11. The Bertz CT molecular complexity index is 1150. The van der Waals surface area contributed by atoms with E-state index in [1.54, 1.807) is 4.57 Å². The van der Waals surface area contributed by atoms with Gasteiger partial charge in [-0.2, -0.15) is 5.10 Å². The maximum Gasteiger partial charge on any atom is 0.332 e. The first-order valence-electron chi connectivity index (χ1n) is 9.89. The van der Waals surface area contributed by atoms with Crippen molar-refractivity contribution < 1.29 is 0 Å². The summed E-state index contributed by atoms with van der Waals surface area (Å²) < 4.78 is 2.89. The predicted octanol–water partition coefficient (Wildman–Crippen LogP) is 1.18. The molecule has 0 N–H and O–H groups in total. The van der Waals surface area contributed by atoms with Crippen LogP contribution in [-0.4, -0.2) is 37.4 Å². The molecule has 8 nitrogen and oxygen atoms in total. The van der Waals surface area contributed by atoms with Gasteiger partial charge in [-0.25, -0.2) is 14.6 Å². The number of anilines is 1. The normalized spacial score (nSPS) is 20.4. The Kier molecular flexibility index (Phi) is 4.26. The highest BCUT2D eigenvalue weighted by molar-refractivity contribution is 5.33. The Hall–Kier alpha value is -3.29. The first kappa shape index (κ1) is 17.8. The molecular formula is C21H22N6O2. The second-order valence-electron chi connectivity index (χ2n) is 7.88. The third kappa shape index (κ3) is 3.14. The molecule has 4 heterocycles. The molecule has 0 saturated carbocycles. The van der Waals surface area contributed by atoms with Crippen molar-refractivity contribution in [3.05, 3.63) is 80.4 Å². The van der Waals surface area contributed by atoms with E-state index in [9.17, 15) is 9.59 Å². The fourth-order valence-corrected chi connectivity index (χ4v) is 4.34. The second kappa shape index (κ2) is 6.95. The molecule has 148 valence electrons. The van der Waals surface area contributed by atoms with Crippen LogP contribution in [0.25, 0.3) is 0 Å². The lowest BCUT2D eigenvalue weighted by Gasteiger charge is -2.34. The van der Waals surface area contributed by atoms with Crippen molar-refractivity contribution in [2.45, 2.75) is 32.4 Å². The molecule has 5 rings (SSSR count). The van der Waals surface area contributed by atoms with Crippen LogP contribution in [0, 0.1) is 12.8 Å². The summed E-state index contributed by atoms with van der Waals surface area (Å²) in [5.41, 5.74) is 0.931. The summed E-state index contributed by atoms with van der Waals surface area (Å²) in [7, 11) is 0. The van der Waals surface area contributed by atoms with E-state index < -0.39 is 11.1 Å². The van der Waals surface area contributed by atoms with Crippen LogP contribution in [0.5, 0.6) is 0 Å². The van der Waals surface area contributed by atoms with E-state index in [-0.39, 0.29) is 5.92 Å². The fraction of sp³-hybridized carbons (Fsp3) is 0.381. The van der Waals surface area contributed by atoms with Crippen molar-refractivity contribution in [3.8, 4) is 0 Å². The number of aryl methyl sites for hydroxylation is 1. The van der Waals surface area contributed by atoms with Crippen LogP contribution < -0.4 is 16.0 Å². The minimum Gasteiger partial charge on any atom is -0.340 e. The van der Waals surface area contributed by atoms with Gasteiger partial charge in [-0.15, -0.1) is 0 Å². The summed E-state index contributed by atoms with van der Waals surface area (Å²) in [5.74, 6) is 1.80. The predicted molar refractivity (Wildman–Crippen MR) is 108 cm³/mol. The zero-order valence-electron chi connectivity index (χ0n) is 16.2. The number of hydrogen-bond donors (Lipinski definition) is 0. The molecule has 2 aliphatic heterocycles. The molecule has 0 amide bonds. The van der Waals surface area contributed by atoms with Crippen molar-refractivity contribution in [2.24, 2.45) is 5.92 Å². The van der Waals surface area contributed by atoms with E-state index in [1.165, 1.54) is 4.68 Å². The molecule has 1 fully saturated rings.